The molecule has 1 N–H and O–H groups in total. The summed E-state index contributed by atoms with van der Waals surface area (Å²) >= 11 is 0. The van der Waals surface area contributed by atoms with Gasteiger partial charge in [0.25, 0.3) is 15.7 Å². The highest BCUT2D eigenvalue weighted by molar-refractivity contribution is 7.92. The fourth-order valence-corrected chi connectivity index (χ4v) is 2.63. The van der Waals surface area contributed by atoms with E-state index < -0.39 is 32.0 Å². The van der Waals surface area contributed by atoms with Crippen molar-refractivity contribution in [1.29, 1.82) is 0 Å². The molecule has 0 aromatic heterocycles. The highest BCUT2D eigenvalue weighted by atomic mass is 32.2. The largest absolute Gasteiger partial charge is 0.501 e. The number of hydrogen-bond acceptors (Lipinski definition) is 4. The summed E-state index contributed by atoms with van der Waals surface area (Å²) in [4.78, 5) is 11.0. The van der Waals surface area contributed by atoms with Gasteiger partial charge < -0.3 is 10.1 Å². The Hall–Kier alpha value is -2.62. The van der Waals surface area contributed by atoms with Crippen molar-refractivity contribution in [1.82, 2.24) is 0 Å². The van der Waals surface area contributed by atoms with Gasteiger partial charge in [0, 0.05) is 17.3 Å². The van der Waals surface area contributed by atoms with Crippen molar-refractivity contribution >= 4 is 21.4 Å². The molecule has 0 aliphatic heterocycles. The van der Waals surface area contributed by atoms with E-state index in [1.165, 1.54) is 19.2 Å². The maximum absolute atomic E-state index is 13.5. The predicted octanol–water partition coefficient (Wildman–Crippen LogP) is 3.38. The number of methoxy groups -OCH3 is 1. The molecule has 0 heterocycles. The molecule has 2 aromatic rings. The molecule has 0 fully saturated rings. The summed E-state index contributed by atoms with van der Waals surface area (Å²) in [6.07, 6.45) is 0. The normalized spacial score (nSPS) is 11.9. The molecule has 0 radical (unpaired) electrons. The van der Waals surface area contributed by atoms with Crippen molar-refractivity contribution in [3.05, 3.63) is 53.8 Å². The Morgan fingerprint density at radius 3 is 2.16 bits per heavy atom. The van der Waals surface area contributed by atoms with Crippen molar-refractivity contribution in [2.24, 2.45) is 0 Å². The van der Waals surface area contributed by atoms with E-state index >= 15 is 0 Å². The molecule has 10 heteroatoms. The van der Waals surface area contributed by atoms with Crippen LogP contribution in [0.15, 0.2) is 47.4 Å². The Balaban J connectivity index is 2.20. The van der Waals surface area contributed by atoms with Gasteiger partial charge in [0.15, 0.2) is 11.6 Å². The first-order valence-electron chi connectivity index (χ1n) is 6.62. The lowest BCUT2D eigenvalue weighted by Crippen LogP contribution is -2.23. The van der Waals surface area contributed by atoms with Crippen molar-refractivity contribution in [3.8, 4) is 5.75 Å². The van der Waals surface area contributed by atoms with Crippen LogP contribution < -0.4 is 10.1 Å². The molecule has 0 saturated heterocycles. The number of carbonyl (C=O) groups is 1. The summed E-state index contributed by atoms with van der Waals surface area (Å²) in [7, 11) is -4.22. The van der Waals surface area contributed by atoms with Gasteiger partial charge in [-0.15, -0.1) is 0 Å². The SMILES string of the molecule is COc1ccc(NC(=O)c2ccc(S(=O)(=O)C(F)(F)F)cc2)cc1F. The zero-order valence-electron chi connectivity index (χ0n) is 12.6. The van der Waals surface area contributed by atoms with Crippen molar-refractivity contribution in [2.75, 3.05) is 12.4 Å². The Bertz CT molecular complexity index is 893. The van der Waals surface area contributed by atoms with Gasteiger partial charge in [-0.3, -0.25) is 4.79 Å². The van der Waals surface area contributed by atoms with E-state index in [0.29, 0.717) is 12.1 Å². The Labute approximate surface area is 140 Å². The summed E-state index contributed by atoms with van der Waals surface area (Å²) in [5.74, 6) is -1.49. The maximum Gasteiger partial charge on any atom is 0.501 e. The molecule has 0 saturated carbocycles. The highest BCUT2D eigenvalue weighted by Crippen LogP contribution is 2.30. The molecule has 1 amide bonds. The van der Waals surface area contributed by atoms with Gasteiger partial charge in [-0.1, -0.05) is 0 Å². The van der Waals surface area contributed by atoms with E-state index in [4.69, 9.17) is 4.74 Å². The second kappa shape index (κ2) is 6.71. The van der Waals surface area contributed by atoms with E-state index in [9.17, 15) is 30.8 Å². The number of carbonyl (C=O) groups excluding carboxylic acids is 1. The molecule has 0 aliphatic carbocycles. The number of sulfone groups is 1. The van der Waals surface area contributed by atoms with Crippen LogP contribution in [0.1, 0.15) is 10.4 Å². The summed E-state index contributed by atoms with van der Waals surface area (Å²) in [6.45, 7) is 0. The molecule has 0 bridgehead atoms. The minimum atomic E-state index is -5.49. The van der Waals surface area contributed by atoms with Crippen molar-refractivity contribution in [2.45, 2.75) is 10.4 Å². The average Bonchev–Trinajstić information content (AvgIpc) is 2.54. The lowest BCUT2D eigenvalue weighted by atomic mass is 10.2. The highest BCUT2D eigenvalue weighted by Gasteiger charge is 2.46. The van der Waals surface area contributed by atoms with Gasteiger partial charge in [-0.05, 0) is 36.4 Å². The second-order valence-electron chi connectivity index (χ2n) is 4.78. The van der Waals surface area contributed by atoms with Crippen LogP contribution in [0.25, 0.3) is 0 Å². The van der Waals surface area contributed by atoms with E-state index in [2.05, 4.69) is 5.32 Å². The number of alkyl halides is 3. The molecule has 0 unspecified atom stereocenters. The van der Waals surface area contributed by atoms with Gasteiger partial charge in [-0.25, -0.2) is 12.8 Å². The molecular weight excluding hydrogens is 366 g/mol. The van der Waals surface area contributed by atoms with Crippen LogP contribution in [0.2, 0.25) is 0 Å². The number of nitrogens with one attached hydrogen (secondary N) is 1. The molecule has 25 heavy (non-hydrogen) atoms. The van der Waals surface area contributed by atoms with Crippen LogP contribution >= 0.6 is 0 Å². The van der Waals surface area contributed by atoms with E-state index in [1.54, 1.807) is 0 Å². The lowest BCUT2D eigenvalue weighted by Gasteiger charge is -2.09. The standard InChI is InChI=1S/C15H11F4NO4S/c1-24-13-7-4-10(8-12(13)16)20-14(21)9-2-5-11(6-3-9)25(22,23)15(17,18)19/h2-8H,1H3,(H,20,21). The number of amides is 1. The summed E-state index contributed by atoms with van der Waals surface area (Å²) in [5, 5.41) is 2.33. The first-order chi connectivity index (χ1) is 11.6. The molecule has 0 atom stereocenters. The topological polar surface area (TPSA) is 72.5 Å². The Kier molecular flexibility index (Phi) is 5.02. The van der Waals surface area contributed by atoms with Gasteiger partial charge in [0.1, 0.15) is 0 Å². The number of rotatable bonds is 4. The summed E-state index contributed by atoms with van der Waals surface area (Å²) in [6, 6.07) is 6.84. The summed E-state index contributed by atoms with van der Waals surface area (Å²) in [5.41, 5.74) is -5.44. The van der Waals surface area contributed by atoms with E-state index in [-0.39, 0.29) is 17.0 Å². The second-order valence-corrected chi connectivity index (χ2v) is 6.72. The molecule has 2 aromatic carbocycles. The number of halogens is 4. The summed E-state index contributed by atoms with van der Waals surface area (Å²) < 4.78 is 78.1. The van der Waals surface area contributed by atoms with Crippen molar-refractivity contribution in [3.63, 3.8) is 0 Å². The van der Waals surface area contributed by atoms with E-state index in [0.717, 1.165) is 18.2 Å². The Morgan fingerprint density at radius 2 is 1.68 bits per heavy atom. The van der Waals surface area contributed by atoms with Crippen molar-refractivity contribution < 1.29 is 35.5 Å². The first kappa shape index (κ1) is 18.7. The fourth-order valence-electron chi connectivity index (χ4n) is 1.87. The molecular formula is C15H11F4NO4S. The molecule has 2 rings (SSSR count). The maximum atomic E-state index is 13.5. The smallest absolute Gasteiger partial charge is 0.494 e. The van der Waals surface area contributed by atoms with Gasteiger partial charge in [-0.2, -0.15) is 13.2 Å². The predicted molar refractivity (Wildman–Crippen MR) is 80.6 cm³/mol. The minimum Gasteiger partial charge on any atom is -0.494 e. The van der Waals surface area contributed by atoms with Crippen LogP contribution in [0.3, 0.4) is 0 Å². The van der Waals surface area contributed by atoms with Gasteiger partial charge >= 0.3 is 5.51 Å². The van der Waals surface area contributed by atoms with Crippen LogP contribution in [-0.4, -0.2) is 26.9 Å². The monoisotopic (exact) mass is 377 g/mol. The quantitative estimate of drug-likeness (QED) is 0.830. The van der Waals surface area contributed by atoms with Crippen LogP contribution in [-0.2, 0) is 9.84 Å². The number of benzene rings is 2. The molecule has 0 spiro atoms. The minimum absolute atomic E-state index is 0.0280. The van der Waals surface area contributed by atoms with Gasteiger partial charge in [0.05, 0.1) is 12.0 Å². The number of anilines is 1. The molecule has 5 nitrogen and oxygen atoms in total. The average molecular weight is 377 g/mol. The third-order valence-corrected chi connectivity index (χ3v) is 4.64. The number of hydrogen-bond donors (Lipinski definition) is 1. The molecule has 134 valence electrons. The first-order valence-corrected chi connectivity index (χ1v) is 8.11. The van der Waals surface area contributed by atoms with Crippen LogP contribution in [0.4, 0.5) is 23.2 Å². The van der Waals surface area contributed by atoms with Gasteiger partial charge in [0.2, 0.25) is 0 Å². The van der Waals surface area contributed by atoms with Crippen LogP contribution in [0, 0.1) is 5.82 Å². The Morgan fingerprint density at radius 1 is 1.08 bits per heavy atom. The van der Waals surface area contributed by atoms with Crippen LogP contribution in [0.5, 0.6) is 5.75 Å². The third kappa shape index (κ3) is 3.90. The zero-order valence-corrected chi connectivity index (χ0v) is 13.4. The van der Waals surface area contributed by atoms with E-state index in [1.807, 2.05) is 0 Å². The third-order valence-electron chi connectivity index (χ3n) is 3.14. The lowest BCUT2D eigenvalue weighted by molar-refractivity contribution is -0.0436. The zero-order chi connectivity index (χ0) is 18.8. The fraction of sp³-hybridized carbons (Fsp3) is 0.133. The molecule has 0 aliphatic rings. The number of ether oxygens (including phenoxy) is 1.